The van der Waals surface area contributed by atoms with Gasteiger partial charge in [-0.2, -0.15) is 0 Å². The van der Waals surface area contributed by atoms with Crippen LogP contribution in [0.1, 0.15) is 37.6 Å². The largest absolute Gasteiger partial charge is 0.493 e. The van der Waals surface area contributed by atoms with Gasteiger partial charge >= 0.3 is 11.6 Å². The third kappa shape index (κ3) is 3.62. The van der Waals surface area contributed by atoms with Crippen LogP contribution in [0.15, 0.2) is 33.5 Å². The van der Waals surface area contributed by atoms with Crippen molar-refractivity contribution in [1.29, 1.82) is 0 Å². The van der Waals surface area contributed by atoms with Gasteiger partial charge in [0, 0.05) is 11.5 Å². The number of carbonyl (C=O) groups excluding carboxylic acids is 1. The second kappa shape index (κ2) is 6.43. The Balaban J connectivity index is 2.38. The molecule has 1 aromatic heterocycles. The molecule has 0 fully saturated rings. The van der Waals surface area contributed by atoms with Crippen molar-refractivity contribution < 1.29 is 18.7 Å². The van der Waals surface area contributed by atoms with Gasteiger partial charge in [0.1, 0.15) is 16.9 Å². The number of rotatable bonds is 5. The number of benzene rings is 1. The highest BCUT2D eigenvalue weighted by atomic mass is 16.5. The molecule has 0 aliphatic heterocycles. The van der Waals surface area contributed by atoms with Crippen molar-refractivity contribution >= 4 is 16.9 Å². The first-order valence-electron chi connectivity index (χ1n) is 6.93. The summed E-state index contributed by atoms with van der Waals surface area (Å²) in [4.78, 5) is 23.7. The molecule has 1 heterocycles. The van der Waals surface area contributed by atoms with Crippen molar-refractivity contribution in [3.05, 3.63) is 40.2 Å². The quantitative estimate of drug-likeness (QED) is 0.625. The van der Waals surface area contributed by atoms with Crippen LogP contribution in [0.2, 0.25) is 0 Å². The highest BCUT2D eigenvalue weighted by molar-refractivity contribution is 5.93. The van der Waals surface area contributed by atoms with Crippen molar-refractivity contribution in [2.24, 2.45) is 0 Å². The van der Waals surface area contributed by atoms with Gasteiger partial charge in [0.05, 0.1) is 12.7 Å². The SMILES string of the molecule is CCCOc1ccc2cc(C(=O)OC(C)C)c(=O)oc2c1. The molecule has 2 aromatic rings. The molecule has 0 atom stereocenters. The van der Waals surface area contributed by atoms with E-state index in [1.807, 2.05) is 6.92 Å². The third-order valence-electron chi connectivity index (χ3n) is 2.74. The van der Waals surface area contributed by atoms with E-state index in [9.17, 15) is 9.59 Å². The van der Waals surface area contributed by atoms with E-state index in [1.165, 1.54) is 6.07 Å². The van der Waals surface area contributed by atoms with Gasteiger partial charge in [-0.25, -0.2) is 9.59 Å². The number of ether oxygens (including phenoxy) is 2. The van der Waals surface area contributed by atoms with Gasteiger partial charge in [0.15, 0.2) is 0 Å². The van der Waals surface area contributed by atoms with Gasteiger partial charge in [0.25, 0.3) is 0 Å². The summed E-state index contributed by atoms with van der Waals surface area (Å²) in [6.07, 6.45) is 0.597. The number of hydrogen-bond acceptors (Lipinski definition) is 5. The van der Waals surface area contributed by atoms with Crippen LogP contribution in [0, 0.1) is 0 Å². The summed E-state index contributed by atoms with van der Waals surface area (Å²) in [5.41, 5.74) is -0.422. The Hall–Kier alpha value is -2.30. The van der Waals surface area contributed by atoms with Gasteiger partial charge in [-0.05, 0) is 38.5 Å². The van der Waals surface area contributed by atoms with Crippen LogP contribution < -0.4 is 10.4 Å². The summed E-state index contributed by atoms with van der Waals surface area (Å²) in [6, 6.07) is 6.64. The highest BCUT2D eigenvalue weighted by Crippen LogP contribution is 2.21. The van der Waals surface area contributed by atoms with E-state index in [0.29, 0.717) is 23.3 Å². The van der Waals surface area contributed by atoms with E-state index in [1.54, 1.807) is 32.0 Å². The topological polar surface area (TPSA) is 65.7 Å². The Morgan fingerprint density at radius 2 is 2.05 bits per heavy atom. The molecule has 5 heteroatoms. The smallest absolute Gasteiger partial charge is 0.351 e. The summed E-state index contributed by atoms with van der Waals surface area (Å²) < 4.78 is 15.7. The minimum absolute atomic E-state index is 0.0987. The highest BCUT2D eigenvalue weighted by Gasteiger charge is 2.16. The van der Waals surface area contributed by atoms with Crippen molar-refractivity contribution in [3.63, 3.8) is 0 Å². The minimum Gasteiger partial charge on any atom is -0.493 e. The number of hydrogen-bond donors (Lipinski definition) is 0. The van der Waals surface area contributed by atoms with Crippen LogP contribution in [-0.4, -0.2) is 18.7 Å². The van der Waals surface area contributed by atoms with E-state index in [4.69, 9.17) is 13.9 Å². The first-order chi connectivity index (χ1) is 10.0. The number of fused-ring (bicyclic) bond motifs is 1. The molecule has 2 rings (SSSR count). The molecule has 0 amide bonds. The molecule has 21 heavy (non-hydrogen) atoms. The van der Waals surface area contributed by atoms with Crippen molar-refractivity contribution in [2.45, 2.75) is 33.3 Å². The lowest BCUT2D eigenvalue weighted by Gasteiger charge is -2.08. The zero-order valence-electron chi connectivity index (χ0n) is 12.3. The van der Waals surface area contributed by atoms with Crippen LogP contribution in [0.5, 0.6) is 5.75 Å². The van der Waals surface area contributed by atoms with Crippen LogP contribution in [0.4, 0.5) is 0 Å². The van der Waals surface area contributed by atoms with Gasteiger partial charge in [-0.15, -0.1) is 0 Å². The second-order valence-electron chi connectivity index (χ2n) is 4.95. The Bertz CT molecular complexity index is 699. The van der Waals surface area contributed by atoms with Crippen LogP contribution in [-0.2, 0) is 4.74 Å². The first-order valence-corrected chi connectivity index (χ1v) is 6.93. The molecule has 5 nitrogen and oxygen atoms in total. The van der Waals surface area contributed by atoms with Crippen LogP contribution in [0.25, 0.3) is 11.0 Å². The molecule has 112 valence electrons. The predicted molar refractivity (Wildman–Crippen MR) is 78.8 cm³/mol. The number of carbonyl (C=O) groups is 1. The molecule has 0 radical (unpaired) electrons. The second-order valence-corrected chi connectivity index (χ2v) is 4.95. The molecule has 0 aliphatic rings. The van der Waals surface area contributed by atoms with E-state index in [-0.39, 0.29) is 11.7 Å². The van der Waals surface area contributed by atoms with E-state index in [0.717, 1.165) is 6.42 Å². The standard InChI is InChI=1S/C16H18O5/c1-4-7-19-12-6-5-11-8-13(15(17)20-10(2)3)16(18)21-14(11)9-12/h5-6,8-10H,4,7H2,1-3H3. The average Bonchev–Trinajstić information content (AvgIpc) is 2.43. The van der Waals surface area contributed by atoms with Crippen molar-refractivity contribution in [2.75, 3.05) is 6.61 Å². The van der Waals surface area contributed by atoms with Gasteiger partial charge in [0.2, 0.25) is 0 Å². The Labute approximate surface area is 122 Å². The maximum atomic E-state index is 11.9. The van der Waals surface area contributed by atoms with E-state index < -0.39 is 11.6 Å². The monoisotopic (exact) mass is 290 g/mol. The zero-order chi connectivity index (χ0) is 15.4. The zero-order valence-corrected chi connectivity index (χ0v) is 12.3. The third-order valence-corrected chi connectivity index (χ3v) is 2.74. The molecule has 0 aliphatic carbocycles. The van der Waals surface area contributed by atoms with Crippen molar-refractivity contribution in [1.82, 2.24) is 0 Å². The van der Waals surface area contributed by atoms with Crippen LogP contribution in [0.3, 0.4) is 0 Å². The molecule has 0 saturated heterocycles. The summed E-state index contributed by atoms with van der Waals surface area (Å²) in [7, 11) is 0. The molecule has 0 bridgehead atoms. The lowest BCUT2D eigenvalue weighted by Crippen LogP contribution is -2.19. The first kappa shape index (κ1) is 15.1. The molecular formula is C16H18O5. The number of esters is 1. The maximum absolute atomic E-state index is 11.9. The molecule has 0 N–H and O–H groups in total. The molecule has 0 unspecified atom stereocenters. The van der Waals surface area contributed by atoms with Gasteiger partial charge < -0.3 is 13.9 Å². The average molecular weight is 290 g/mol. The fraction of sp³-hybridized carbons (Fsp3) is 0.375. The summed E-state index contributed by atoms with van der Waals surface area (Å²) in [6.45, 7) is 6.04. The van der Waals surface area contributed by atoms with Crippen molar-refractivity contribution in [3.8, 4) is 5.75 Å². The van der Waals surface area contributed by atoms with E-state index >= 15 is 0 Å². The van der Waals surface area contributed by atoms with Gasteiger partial charge in [-0.3, -0.25) is 0 Å². The normalized spacial score (nSPS) is 10.9. The van der Waals surface area contributed by atoms with Crippen LogP contribution >= 0.6 is 0 Å². The van der Waals surface area contributed by atoms with E-state index in [2.05, 4.69) is 0 Å². The molecule has 0 spiro atoms. The fourth-order valence-electron chi connectivity index (χ4n) is 1.82. The minimum atomic E-state index is -0.708. The van der Waals surface area contributed by atoms with Gasteiger partial charge in [-0.1, -0.05) is 6.92 Å². The fourth-order valence-corrected chi connectivity index (χ4v) is 1.82. The molecule has 1 aromatic carbocycles. The Morgan fingerprint density at radius 3 is 2.71 bits per heavy atom. The Morgan fingerprint density at radius 1 is 1.29 bits per heavy atom. The lowest BCUT2D eigenvalue weighted by atomic mass is 10.2. The Kier molecular flexibility index (Phi) is 4.62. The molecular weight excluding hydrogens is 272 g/mol. The summed E-state index contributed by atoms with van der Waals surface area (Å²) in [5.74, 6) is -0.0445. The molecule has 0 saturated carbocycles. The summed E-state index contributed by atoms with van der Waals surface area (Å²) in [5, 5.41) is 0.647. The maximum Gasteiger partial charge on any atom is 0.351 e. The lowest BCUT2D eigenvalue weighted by molar-refractivity contribution is 0.0373. The summed E-state index contributed by atoms with van der Waals surface area (Å²) >= 11 is 0. The predicted octanol–water partition coefficient (Wildman–Crippen LogP) is 3.15.